The molecule has 450 valence electrons. The molecule has 2 saturated heterocycles. The number of carbonyl (C=O) groups excluding carboxylic acids is 5. The molecule has 18 heteroatoms. The maximum absolute atomic E-state index is 14.4. The van der Waals surface area contributed by atoms with Crippen LogP contribution in [0.5, 0.6) is 0 Å². The number of benzene rings is 4. The zero-order valence-corrected chi connectivity index (χ0v) is 51.6. The molecule has 0 unspecified atom stereocenters. The molecule has 17 nitrogen and oxygen atoms in total. The number of piperazine rings is 1. The van der Waals surface area contributed by atoms with Crippen LogP contribution < -0.4 is 16.0 Å². The number of rotatable bonds is 18. The molecule has 3 aromatic heterocycles. The molecule has 0 saturated carbocycles. The lowest BCUT2D eigenvalue weighted by molar-refractivity contribution is -0.144. The Hall–Kier alpha value is -8.63. The highest BCUT2D eigenvalue weighted by molar-refractivity contribution is 7.13. The van der Waals surface area contributed by atoms with E-state index in [9.17, 15) is 24.0 Å². The normalized spacial score (nSPS) is 16.9. The predicted molar refractivity (Wildman–Crippen MR) is 342 cm³/mol. The highest BCUT2D eigenvalue weighted by atomic mass is 32.1. The summed E-state index contributed by atoms with van der Waals surface area (Å²) in [4.78, 5) is 96.2. The molecule has 7 aromatic rings. The van der Waals surface area contributed by atoms with Gasteiger partial charge < -0.3 is 35.4 Å². The SMILES string of the molecule is CNc1nc(-c2cnc3ccccc3c2)nc2c1CCN(C(=O)c1ccc(/C=C/c3ccc(C#CCN4CCN(C(=O)CCCCC(=O)N[C@H](C(=O)N5C[C@H](OC)C[C@H]5C(=O)N[C@@H](C)c5ccc(-c6scnc6C)cc5)C(C)(C)C)CC4)cc3)cc1)C2. The predicted octanol–water partition coefficient (Wildman–Crippen LogP) is 9.61. The number of amides is 5. The fourth-order valence-electron chi connectivity index (χ4n) is 11.5. The Balaban J connectivity index is 0.628. The number of likely N-dealkylation sites (tertiary alicyclic amines) is 1. The number of hydrogen-bond donors (Lipinski definition) is 3. The smallest absolute Gasteiger partial charge is 0.254 e. The van der Waals surface area contributed by atoms with Gasteiger partial charge >= 0.3 is 0 Å². The number of nitrogens with one attached hydrogen (secondary N) is 3. The van der Waals surface area contributed by atoms with Crippen LogP contribution in [0.1, 0.15) is 115 Å². The third-order valence-corrected chi connectivity index (χ3v) is 17.6. The summed E-state index contributed by atoms with van der Waals surface area (Å²) in [5.74, 6) is 7.11. The van der Waals surface area contributed by atoms with Crippen molar-refractivity contribution < 1.29 is 28.7 Å². The van der Waals surface area contributed by atoms with E-state index >= 15 is 0 Å². The lowest BCUT2D eigenvalue weighted by Gasteiger charge is -2.35. The Bertz CT molecular complexity index is 3710. The van der Waals surface area contributed by atoms with E-state index in [2.05, 4.69) is 42.7 Å². The van der Waals surface area contributed by atoms with Crippen LogP contribution in [0.3, 0.4) is 0 Å². The summed E-state index contributed by atoms with van der Waals surface area (Å²) in [6, 6.07) is 31.9. The number of nitrogens with zero attached hydrogens (tertiary/aromatic N) is 8. The van der Waals surface area contributed by atoms with Crippen LogP contribution in [0.15, 0.2) is 115 Å². The van der Waals surface area contributed by atoms with Gasteiger partial charge in [-0.15, -0.1) is 11.3 Å². The van der Waals surface area contributed by atoms with Crippen molar-refractivity contribution in [1.82, 2.24) is 50.2 Å². The summed E-state index contributed by atoms with van der Waals surface area (Å²) >= 11 is 1.59. The Morgan fingerprint density at radius 1 is 0.816 bits per heavy atom. The average Bonchev–Trinajstić information content (AvgIpc) is 3.46. The monoisotopic (exact) mass is 1190 g/mol. The number of hydrogen-bond acceptors (Lipinski definition) is 13. The molecule has 6 heterocycles. The quantitative estimate of drug-likeness (QED) is 0.0419. The van der Waals surface area contributed by atoms with Crippen molar-refractivity contribution in [2.24, 2.45) is 5.41 Å². The molecule has 0 spiro atoms. The number of thiazole rings is 1. The van der Waals surface area contributed by atoms with Gasteiger partial charge in [-0.3, -0.25) is 33.9 Å². The Labute approximate surface area is 514 Å². The van der Waals surface area contributed by atoms with Crippen molar-refractivity contribution >= 4 is 69.7 Å². The van der Waals surface area contributed by atoms with Crippen LogP contribution in [-0.4, -0.2) is 147 Å². The molecular weight excluding hydrogens is 1110 g/mol. The average molecular weight is 1190 g/mol. The van der Waals surface area contributed by atoms with Crippen molar-refractivity contribution in [2.75, 3.05) is 65.3 Å². The molecule has 87 heavy (non-hydrogen) atoms. The summed E-state index contributed by atoms with van der Waals surface area (Å²) in [7, 11) is 3.44. The van der Waals surface area contributed by atoms with Gasteiger partial charge in [0.2, 0.25) is 23.6 Å². The summed E-state index contributed by atoms with van der Waals surface area (Å²) in [5, 5.41) is 10.4. The standard InChI is InChI=1S/C69H77N11O6S/c1-45(50-28-30-51(31-29-50)62-46(2)72-44-87-62)73-66(83)59-40-55(86-7)42-80(59)68(85)63(69(3,4)5)75-60(81)16-10-11-17-61(82)78-37-35-77(36-38-78)33-12-13-47-18-20-48(21-19-47)22-23-49-24-26-52(27-25-49)67(84)79-34-32-56-58(43-79)74-64(76-65(56)70-6)54-39-53-14-8-9-15-57(53)71-41-54/h8-9,14-15,18-31,39,41,44-45,55,59,63H,10-11,16-17,32-38,40,42-43H2,1-7H3,(H,73,83)(H,75,81)(H,70,74,76)/b23-22+/t45-,55+,59-,63+/m0/s1. The second-order valence-corrected chi connectivity index (χ2v) is 24.6. The van der Waals surface area contributed by atoms with E-state index in [-0.39, 0.29) is 54.6 Å². The first-order valence-electron chi connectivity index (χ1n) is 30.0. The van der Waals surface area contributed by atoms with E-state index in [0.717, 1.165) is 85.0 Å². The number of fused-ring (bicyclic) bond motifs is 2. The van der Waals surface area contributed by atoms with Gasteiger partial charge in [0.1, 0.15) is 17.9 Å². The number of methoxy groups -OCH3 is 1. The van der Waals surface area contributed by atoms with Crippen LogP contribution in [0, 0.1) is 24.2 Å². The van der Waals surface area contributed by atoms with E-state index in [1.165, 1.54) is 0 Å². The third kappa shape index (κ3) is 15.1. The van der Waals surface area contributed by atoms with Gasteiger partial charge in [0.25, 0.3) is 5.91 Å². The van der Waals surface area contributed by atoms with Gasteiger partial charge in [0.05, 0.1) is 52.5 Å². The first-order valence-corrected chi connectivity index (χ1v) is 30.9. The summed E-state index contributed by atoms with van der Waals surface area (Å²) in [5.41, 5.74) is 11.3. The zero-order valence-electron chi connectivity index (χ0n) is 50.8. The molecule has 0 bridgehead atoms. The Kier molecular flexibility index (Phi) is 19.6. The minimum absolute atomic E-state index is 0.0392. The lowest BCUT2D eigenvalue weighted by Crippen LogP contribution is -2.57. The number of carbonyl (C=O) groups is 5. The van der Waals surface area contributed by atoms with Crippen LogP contribution in [0.4, 0.5) is 5.82 Å². The molecule has 10 rings (SSSR count). The topological polar surface area (TPSA) is 195 Å². The van der Waals surface area contributed by atoms with E-state index < -0.39 is 17.5 Å². The Morgan fingerprint density at radius 3 is 2.22 bits per heavy atom. The highest BCUT2D eigenvalue weighted by Crippen LogP contribution is 2.32. The van der Waals surface area contributed by atoms with Crippen molar-refractivity contribution in [3.8, 4) is 33.7 Å². The molecule has 5 amide bonds. The molecule has 4 atom stereocenters. The van der Waals surface area contributed by atoms with E-state index in [1.54, 1.807) is 29.5 Å². The molecule has 3 aliphatic rings. The van der Waals surface area contributed by atoms with Crippen molar-refractivity contribution in [1.29, 1.82) is 0 Å². The second kappa shape index (κ2) is 27.8. The molecule has 4 aromatic carbocycles. The minimum atomic E-state index is -0.876. The maximum Gasteiger partial charge on any atom is 0.254 e. The van der Waals surface area contributed by atoms with Crippen LogP contribution >= 0.6 is 11.3 Å². The fourth-order valence-corrected chi connectivity index (χ4v) is 12.3. The van der Waals surface area contributed by atoms with Crippen molar-refractivity contribution in [2.45, 2.75) is 104 Å². The first-order chi connectivity index (χ1) is 42.0. The Morgan fingerprint density at radius 2 is 1.53 bits per heavy atom. The van der Waals surface area contributed by atoms with Gasteiger partial charge in [-0.05, 0) is 97.2 Å². The van der Waals surface area contributed by atoms with Gasteiger partial charge in [-0.2, -0.15) is 0 Å². The van der Waals surface area contributed by atoms with Crippen LogP contribution in [0.25, 0.3) is 44.9 Å². The first kappa shape index (κ1) is 61.5. The molecule has 0 radical (unpaired) electrons. The van der Waals surface area contributed by atoms with E-state index in [0.29, 0.717) is 76.2 Å². The van der Waals surface area contributed by atoms with Gasteiger partial charge in [-0.1, -0.05) is 111 Å². The number of aryl methyl sites for hydroxylation is 1. The number of para-hydroxylation sites is 1. The van der Waals surface area contributed by atoms with Crippen LogP contribution in [0.2, 0.25) is 0 Å². The third-order valence-electron chi connectivity index (χ3n) is 16.7. The molecule has 3 aliphatic heterocycles. The van der Waals surface area contributed by atoms with Crippen molar-refractivity contribution in [3.05, 3.63) is 160 Å². The second-order valence-electron chi connectivity index (χ2n) is 23.8. The molecular formula is C69H77N11O6S. The number of unbranched alkanes of at least 4 members (excludes halogenated alkanes) is 1. The van der Waals surface area contributed by atoms with Gasteiger partial charge in [0.15, 0.2) is 5.82 Å². The molecule has 2 fully saturated rings. The fraction of sp³-hybridized carbons (Fsp3) is 0.377. The van der Waals surface area contributed by atoms with Crippen LogP contribution in [-0.2, 0) is 36.9 Å². The summed E-state index contributed by atoms with van der Waals surface area (Å²) in [6.07, 6.45) is 8.09. The highest BCUT2D eigenvalue weighted by Gasteiger charge is 2.45. The minimum Gasteiger partial charge on any atom is -0.380 e. The largest absolute Gasteiger partial charge is 0.380 e. The van der Waals surface area contributed by atoms with E-state index in [4.69, 9.17) is 14.7 Å². The number of aromatic nitrogens is 4. The number of pyridine rings is 1. The van der Waals surface area contributed by atoms with Gasteiger partial charge in [-0.25, -0.2) is 15.0 Å². The molecule has 0 aliphatic carbocycles. The van der Waals surface area contributed by atoms with Gasteiger partial charge in [0, 0.05) is 107 Å². The number of anilines is 1. The number of ether oxygens (including phenoxy) is 1. The lowest BCUT2D eigenvalue weighted by atomic mass is 9.85. The van der Waals surface area contributed by atoms with E-state index in [1.807, 2.05) is 172 Å². The van der Waals surface area contributed by atoms with Crippen molar-refractivity contribution in [3.63, 3.8) is 0 Å². The summed E-state index contributed by atoms with van der Waals surface area (Å²) in [6.45, 7) is 14.1. The molecule has 3 N–H and O–H groups in total. The maximum atomic E-state index is 14.4. The summed E-state index contributed by atoms with van der Waals surface area (Å²) < 4.78 is 5.67. The zero-order chi connectivity index (χ0) is 61.2.